The lowest BCUT2D eigenvalue weighted by molar-refractivity contribution is 0.0793. The fourth-order valence-electron chi connectivity index (χ4n) is 3.69. The molecule has 0 radical (unpaired) electrons. The molecule has 0 atom stereocenters. The average molecular weight is 333 g/mol. The smallest absolute Gasteiger partial charge is 0.253 e. The highest BCUT2D eigenvalue weighted by Crippen LogP contribution is 2.28. The van der Waals surface area contributed by atoms with Crippen molar-refractivity contribution in [1.29, 1.82) is 0 Å². The molecule has 4 nitrogen and oxygen atoms in total. The SMILES string of the molecule is Cc1ccn2c(C)c(-c3ccc(C(=O)N4CCCC4)cc3C)nc2c1. The van der Waals surface area contributed by atoms with Crippen LogP contribution >= 0.6 is 0 Å². The normalized spacial score (nSPS) is 14.4. The molecule has 3 heterocycles. The average Bonchev–Trinajstić information content (AvgIpc) is 3.23. The summed E-state index contributed by atoms with van der Waals surface area (Å²) >= 11 is 0. The van der Waals surface area contributed by atoms with Crippen molar-refractivity contribution in [2.75, 3.05) is 13.1 Å². The number of carbonyl (C=O) groups is 1. The molecule has 1 amide bonds. The first-order valence-electron chi connectivity index (χ1n) is 8.90. The number of fused-ring (bicyclic) bond motifs is 1. The second kappa shape index (κ2) is 6.03. The lowest BCUT2D eigenvalue weighted by Gasteiger charge is -2.16. The lowest BCUT2D eigenvalue weighted by Crippen LogP contribution is -2.27. The molecule has 1 saturated heterocycles. The summed E-state index contributed by atoms with van der Waals surface area (Å²) in [6, 6.07) is 10.2. The van der Waals surface area contributed by atoms with Crippen LogP contribution in [0.5, 0.6) is 0 Å². The summed E-state index contributed by atoms with van der Waals surface area (Å²) < 4.78 is 2.12. The van der Waals surface area contributed by atoms with E-state index < -0.39 is 0 Å². The molecule has 0 saturated carbocycles. The highest BCUT2D eigenvalue weighted by molar-refractivity contribution is 5.95. The predicted octanol–water partition coefficient (Wildman–Crippen LogP) is 4.16. The molecule has 0 spiro atoms. The first-order chi connectivity index (χ1) is 12.0. The molecule has 128 valence electrons. The molecule has 2 aromatic heterocycles. The number of hydrogen-bond acceptors (Lipinski definition) is 2. The lowest BCUT2D eigenvalue weighted by atomic mass is 10.0. The summed E-state index contributed by atoms with van der Waals surface area (Å²) in [6.45, 7) is 7.99. The minimum absolute atomic E-state index is 0.148. The molecule has 1 aromatic carbocycles. The Morgan fingerprint density at radius 1 is 1.04 bits per heavy atom. The molecule has 0 aliphatic carbocycles. The zero-order valence-electron chi connectivity index (χ0n) is 15.0. The number of imidazole rings is 1. The van der Waals surface area contributed by atoms with Crippen molar-refractivity contribution >= 4 is 11.6 Å². The maximum Gasteiger partial charge on any atom is 0.253 e. The Kier molecular flexibility index (Phi) is 3.83. The van der Waals surface area contributed by atoms with Gasteiger partial charge in [-0.2, -0.15) is 0 Å². The fourth-order valence-corrected chi connectivity index (χ4v) is 3.69. The maximum atomic E-state index is 12.6. The second-order valence-corrected chi connectivity index (χ2v) is 7.01. The van der Waals surface area contributed by atoms with Gasteiger partial charge in [-0.3, -0.25) is 4.79 Å². The van der Waals surface area contributed by atoms with Gasteiger partial charge >= 0.3 is 0 Å². The molecule has 4 rings (SSSR count). The van der Waals surface area contributed by atoms with Crippen LogP contribution in [-0.2, 0) is 0 Å². The van der Waals surface area contributed by atoms with Crippen LogP contribution in [0, 0.1) is 20.8 Å². The Morgan fingerprint density at radius 2 is 1.80 bits per heavy atom. The van der Waals surface area contributed by atoms with Crippen LogP contribution in [0.25, 0.3) is 16.9 Å². The number of aromatic nitrogens is 2. The first kappa shape index (κ1) is 15.9. The van der Waals surface area contributed by atoms with Gasteiger partial charge in [0.05, 0.1) is 5.69 Å². The van der Waals surface area contributed by atoms with Gasteiger partial charge in [0.15, 0.2) is 0 Å². The second-order valence-electron chi connectivity index (χ2n) is 7.01. The summed E-state index contributed by atoms with van der Waals surface area (Å²) in [5.41, 5.74) is 7.24. The Bertz CT molecular complexity index is 965. The number of amides is 1. The number of carbonyl (C=O) groups excluding carboxylic acids is 1. The van der Waals surface area contributed by atoms with Crippen molar-refractivity contribution in [2.45, 2.75) is 33.6 Å². The van der Waals surface area contributed by atoms with Crippen LogP contribution < -0.4 is 0 Å². The number of nitrogens with zero attached hydrogens (tertiary/aromatic N) is 3. The van der Waals surface area contributed by atoms with Crippen LogP contribution in [-0.4, -0.2) is 33.3 Å². The molecule has 1 fully saturated rings. The van der Waals surface area contributed by atoms with Gasteiger partial charge in [-0.05, 0) is 69.0 Å². The standard InChI is InChI=1S/C21H23N3O/c1-14-8-11-24-16(3)20(22-19(24)12-14)18-7-6-17(13-15(18)2)21(25)23-9-4-5-10-23/h6-8,11-13H,4-5,9-10H2,1-3H3. The molecule has 0 bridgehead atoms. The van der Waals surface area contributed by atoms with Gasteiger partial charge in [0.2, 0.25) is 0 Å². The number of rotatable bonds is 2. The Balaban J connectivity index is 1.74. The Labute approximate surface area is 148 Å². The van der Waals surface area contributed by atoms with Gasteiger partial charge in [-0.15, -0.1) is 0 Å². The van der Waals surface area contributed by atoms with Crippen LogP contribution in [0.4, 0.5) is 0 Å². The Morgan fingerprint density at radius 3 is 2.52 bits per heavy atom. The van der Waals surface area contributed by atoms with Gasteiger partial charge in [-0.25, -0.2) is 4.98 Å². The molecule has 1 aliphatic rings. The first-order valence-corrected chi connectivity index (χ1v) is 8.90. The minimum atomic E-state index is 0.148. The van der Waals surface area contributed by atoms with E-state index in [0.717, 1.165) is 59.7 Å². The summed E-state index contributed by atoms with van der Waals surface area (Å²) in [4.78, 5) is 19.4. The van der Waals surface area contributed by atoms with Crippen molar-refractivity contribution in [3.05, 3.63) is 58.9 Å². The van der Waals surface area contributed by atoms with Crippen molar-refractivity contribution in [3.8, 4) is 11.3 Å². The van der Waals surface area contributed by atoms with E-state index in [1.165, 1.54) is 5.56 Å². The number of hydrogen-bond donors (Lipinski definition) is 0. The fraction of sp³-hybridized carbons (Fsp3) is 0.333. The van der Waals surface area contributed by atoms with Gasteiger partial charge in [0, 0.05) is 36.1 Å². The monoisotopic (exact) mass is 333 g/mol. The summed E-state index contributed by atoms with van der Waals surface area (Å²) in [5, 5.41) is 0. The molecular formula is C21H23N3O. The number of aryl methyl sites for hydroxylation is 3. The third-order valence-electron chi connectivity index (χ3n) is 5.14. The van der Waals surface area contributed by atoms with Crippen molar-refractivity contribution in [3.63, 3.8) is 0 Å². The third kappa shape index (κ3) is 2.72. The summed E-state index contributed by atoms with van der Waals surface area (Å²) in [7, 11) is 0. The maximum absolute atomic E-state index is 12.6. The van der Waals surface area contributed by atoms with E-state index in [4.69, 9.17) is 4.98 Å². The summed E-state index contributed by atoms with van der Waals surface area (Å²) in [5.74, 6) is 0.148. The summed E-state index contributed by atoms with van der Waals surface area (Å²) in [6.07, 6.45) is 4.29. The molecular weight excluding hydrogens is 310 g/mol. The highest BCUT2D eigenvalue weighted by Gasteiger charge is 2.20. The van der Waals surface area contributed by atoms with E-state index in [2.05, 4.69) is 43.5 Å². The molecule has 4 heteroatoms. The van der Waals surface area contributed by atoms with E-state index in [1.54, 1.807) is 0 Å². The van der Waals surface area contributed by atoms with Gasteiger partial charge in [0.25, 0.3) is 5.91 Å². The van der Waals surface area contributed by atoms with Crippen LogP contribution in [0.1, 0.15) is 40.0 Å². The van der Waals surface area contributed by atoms with Crippen molar-refractivity contribution in [2.24, 2.45) is 0 Å². The van der Waals surface area contributed by atoms with E-state index in [0.29, 0.717) is 0 Å². The number of likely N-dealkylation sites (tertiary alicyclic amines) is 1. The van der Waals surface area contributed by atoms with Crippen LogP contribution in [0.3, 0.4) is 0 Å². The van der Waals surface area contributed by atoms with Crippen LogP contribution in [0.15, 0.2) is 36.5 Å². The highest BCUT2D eigenvalue weighted by atomic mass is 16.2. The van der Waals surface area contributed by atoms with E-state index in [9.17, 15) is 4.79 Å². The topological polar surface area (TPSA) is 37.6 Å². The predicted molar refractivity (Wildman–Crippen MR) is 100.0 cm³/mol. The number of benzene rings is 1. The van der Waals surface area contributed by atoms with Gasteiger partial charge in [0.1, 0.15) is 5.65 Å². The molecule has 1 aliphatic heterocycles. The van der Waals surface area contributed by atoms with Crippen molar-refractivity contribution in [1.82, 2.24) is 14.3 Å². The van der Waals surface area contributed by atoms with Crippen molar-refractivity contribution < 1.29 is 4.79 Å². The quantitative estimate of drug-likeness (QED) is 0.706. The zero-order valence-corrected chi connectivity index (χ0v) is 15.0. The van der Waals surface area contributed by atoms with Gasteiger partial charge < -0.3 is 9.30 Å². The molecule has 0 unspecified atom stereocenters. The number of pyridine rings is 1. The largest absolute Gasteiger partial charge is 0.339 e. The van der Waals surface area contributed by atoms with E-state index >= 15 is 0 Å². The molecule has 3 aromatic rings. The zero-order chi connectivity index (χ0) is 17.6. The van der Waals surface area contributed by atoms with Gasteiger partial charge in [-0.1, -0.05) is 6.07 Å². The third-order valence-corrected chi connectivity index (χ3v) is 5.14. The molecule has 25 heavy (non-hydrogen) atoms. The van der Waals surface area contributed by atoms with E-state index in [-0.39, 0.29) is 5.91 Å². The minimum Gasteiger partial charge on any atom is -0.339 e. The van der Waals surface area contributed by atoms with E-state index in [1.807, 2.05) is 23.1 Å². The van der Waals surface area contributed by atoms with Crippen LogP contribution in [0.2, 0.25) is 0 Å². The Hall–Kier alpha value is -2.62. The molecule has 0 N–H and O–H groups in total.